The van der Waals surface area contributed by atoms with Gasteiger partial charge in [0.1, 0.15) is 11.7 Å². The largest absolute Gasteiger partial charge is 0.416 e. The maximum absolute atomic E-state index is 13.3. The average molecular weight is 552 g/mol. The SMILES string of the molecule is CC(C)c1nc2c(c3c1[C@@H](c1ccc(C(F)(F)F)cc1)OC31CCCCC1Br)[C@@H](O)CC(C)(C)C2. The van der Waals surface area contributed by atoms with Gasteiger partial charge in [0.25, 0.3) is 0 Å². The lowest BCUT2D eigenvalue weighted by atomic mass is 9.68. The summed E-state index contributed by atoms with van der Waals surface area (Å²) in [5, 5.41) is 11.4. The zero-order chi connectivity index (χ0) is 25.3. The van der Waals surface area contributed by atoms with E-state index in [2.05, 4.69) is 43.6 Å². The maximum atomic E-state index is 13.3. The zero-order valence-corrected chi connectivity index (χ0v) is 22.3. The minimum absolute atomic E-state index is 0.0515. The molecule has 0 radical (unpaired) electrons. The smallest absolute Gasteiger partial charge is 0.388 e. The van der Waals surface area contributed by atoms with Crippen LogP contribution in [0.1, 0.15) is 117 Å². The normalized spacial score (nSPS) is 29.9. The predicted octanol–water partition coefficient (Wildman–Crippen LogP) is 7.88. The van der Waals surface area contributed by atoms with Gasteiger partial charge in [-0.3, -0.25) is 4.98 Å². The van der Waals surface area contributed by atoms with Crippen LogP contribution in [0, 0.1) is 5.41 Å². The summed E-state index contributed by atoms with van der Waals surface area (Å²) in [7, 11) is 0. The van der Waals surface area contributed by atoms with Gasteiger partial charge in [-0.25, -0.2) is 0 Å². The number of aliphatic hydroxyl groups excluding tert-OH is 1. The standard InChI is InChI=1S/C28H33BrF3NO2/c1-15(2)24-22-23(21-18(33-24)13-26(3,4)14-19(21)34)27(12-6-5-7-20(27)29)35-25(22)16-8-10-17(11-9-16)28(30,31)32/h8-11,15,19-20,25,34H,5-7,12-14H2,1-4H3/t19-,20?,25+,27?/m0/s1. The highest BCUT2D eigenvalue weighted by Gasteiger charge is 2.55. The molecular weight excluding hydrogens is 519 g/mol. The molecule has 1 aliphatic heterocycles. The van der Waals surface area contributed by atoms with E-state index < -0.39 is 29.5 Å². The van der Waals surface area contributed by atoms with Gasteiger partial charge in [-0.2, -0.15) is 13.2 Å². The minimum Gasteiger partial charge on any atom is -0.388 e. The maximum Gasteiger partial charge on any atom is 0.416 e. The number of nitrogens with zero attached hydrogens (tertiary/aromatic N) is 1. The number of benzene rings is 1. The van der Waals surface area contributed by atoms with Crippen LogP contribution in [0.15, 0.2) is 24.3 Å². The van der Waals surface area contributed by atoms with Crippen molar-refractivity contribution in [2.45, 2.75) is 101 Å². The number of aliphatic hydroxyl groups is 1. The van der Waals surface area contributed by atoms with Gasteiger partial charge in [0.2, 0.25) is 0 Å². The van der Waals surface area contributed by atoms with Crippen LogP contribution < -0.4 is 0 Å². The quantitative estimate of drug-likeness (QED) is 0.386. The number of alkyl halides is 4. The van der Waals surface area contributed by atoms with Crippen LogP contribution >= 0.6 is 15.9 Å². The molecule has 1 aromatic heterocycles. The summed E-state index contributed by atoms with van der Waals surface area (Å²) >= 11 is 3.94. The Morgan fingerprint density at radius 1 is 1.11 bits per heavy atom. The van der Waals surface area contributed by atoms with Gasteiger partial charge in [-0.05, 0) is 54.7 Å². The Balaban J connectivity index is 1.77. The molecule has 1 fully saturated rings. The summed E-state index contributed by atoms with van der Waals surface area (Å²) < 4.78 is 46.7. The van der Waals surface area contributed by atoms with Gasteiger partial charge < -0.3 is 9.84 Å². The molecule has 7 heteroatoms. The molecule has 190 valence electrons. The number of hydrogen-bond donors (Lipinski definition) is 1. The Bertz CT molecular complexity index is 1130. The van der Waals surface area contributed by atoms with E-state index in [4.69, 9.17) is 9.72 Å². The van der Waals surface area contributed by atoms with E-state index in [1.165, 1.54) is 12.1 Å². The summed E-state index contributed by atoms with van der Waals surface area (Å²) in [5.74, 6) is 0.101. The first kappa shape index (κ1) is 25.2. The molecule has 2 heterocycles. The molecule has 2 aliphatic carbocycles. The van der Waals surface area contributed by atoms with Crippen LogP contribution in [0.2, 0.25) is 0 Å². The Morgan fingerprint density at radius 2 is 1.80 bits per heavy atom. The molecule has 0 bridgehead atoms. The molecule has 1 N–H and O–H groups in total. The second-order valence-corrected chi connectivity index (χ2v) is 12.7. The van der Waals surface area contributed by atoms with Gasteiger partial charge >= 0.3 is 6.18 Å². The van der Waals surface area contributed by atoms with Crippen LogP contribution in [0.5, 0.6) is 0 Å². The lowest BCUT2D eigenvalue weighted by molar-refractivity contribution is -0.137. The van der Waals surface area contributed by atoms with Crippen molar-refractivity contribution in [2.24, 2.45) is 5.41 Å². The Hall–Kier alpha value is -1.44. The number of aromatic nitrogens is 1. The van der Waals surface area contributed by atoms with Crippen LogP contribution in [0.3, 0.4) is 0 Å². The van der Waals surface area contributed by atoms with Gasteiger partial charge in [-0.15, -0.1) is 0 Å². The molecule has 1 aromatic carbocycles. The summed E-state index contributed by atoms with van der Waals surface area (Å²) in [6.45, 7) is 8.52. The third kappa shape index (κ3) is 4.15. The topological polar surface area (TPSA) is 42.4 Å². The van der Waals surface area contributed by atoms with E-state index in [0.717, 1.165) is 72.3 Å². The van der Waals surface area contributed by atoms with E-state index in [0.29, 0.717) is 12.0 Å². The third-order valence-corrected chi connectivity index (χ3v) is 9.17. The van der Waals surface area contributed by atoms with Crippen molar-refractivity contribution in [3.05, 3.63) is 63.5 Å². The molecule has 5 rings (SSSR count). The van der Waals surface area contributed by atoms with Crippen molar-refractivity contribution in [3.63, 3.8) is 0 Å². The lowest BCUT2D eigenvalue weighted by Crippen LogP contribution is -2.41. The monoisotopic (exact) mass is 551 g/mol. The van der Waals surface area contributed by atoms with Crippen LogP contribution in [-0.4, -0.2) is 14.9 Å². The molecule has 0 saturated heterocycles. The van der Waals surface area contributed by atoms with Crippen LogP contribution in [0.25, 0.3) is 0 Å². The lowest BCUT2D eigenvalue weighted by Gasteiger charge is -2.42. The number of halogens is 4. The molecule has 3 nitrogen and oxygen atoms in total. The summed E-state index contributed by atoms with van der Waals surface area (Å²) in [4.78, 5) is 5.18. The molecule has 0 amide bonds. The van der Waals surface area contributed by atoms with Crippen LogP contribution in [-0.2, 0) is 22.9 Å². The van der Waals surface area contributed by atoms with E-state index in [1.807, 2.05) is 0 Å². The highest BCUT2D eigenvalue weighted by molar-refractivity contribution is 9.09. The second-order valence-electron chi connectivity index (χ2n) is 11.6. The fourth-order valence-corrected chi connectivity index (χ4v) is 7.30. The van der Waals surface area contributed by atoms with E-state index >= 15 is 0 Å². The Kier molecular flexibility index (Phi) is 6.17. The molecule has 3 aliphatic rings. The summed E-state index contributed by atoms with van der Waals surface area (Å²) in [6.07, 6.45) is -0.320. The fourth-order valence-electron chi connectivity index (χ4n) is 6.41. The fraction of sp³-hybridized carbons (Fsp3) is 0.607. The number of fused-ring (bicyclic) bond motifs is 4. The van der Waals surface area contributed by atoms with Crippen molar-refractivity contribution in [2.75, 3.05) is 0 Å². The molecule has 1 saturated carbocycles. The Labute approximate surface area is 213 Å². The first-order chi connectivity index (χ1) is 16.3. The van der Waals surface area contributed by atoms with Gasteiger partial charge in [0.15, 0.2) is 0 Å². The summed E-state index contributed by atoms with van der Waals surface area (Å²) in [5.41, 5.74) is 4.06. The first-order valence-electron chi connectivity index (χ1n) is 12.6. The number of hydrogen-bond acceptors (Lipinski definition) is 3. The van der Waals surface area contributed by atoms with Crippen LogP contribution in [0.4, 0.5) is 13.2 Å². The zero-order valence-electron chi connectivity index (χ0n) is 20.7. The van der Waals surface area contributed by atoms with Crippen molar-refractivity contribution in [1.29, 1.82) is 0 Å². The van der Waals surface area contributed by atoms with Gasteiger partial charge in [-0.1, -0.05) is 68.6 Å². The molecular formula is C28H33BrF3NO2. The molecule has 2 aromatic rings. The van der Waals surface area contributed by atoms with Crippen molar-refractivity contribution in [1.82, 2.24) is 4.98 Å². The van der Waals surface area contributed by atoms with Crippen molar-refractivity contribution in [3.8, 4) is 0 Å². The molecule has 4 atom stereocenters. The number of rotatable bonds is 2. The first-order valence-corrected chi connectivity index (χ1v) is 13.5. The molecule has 2 unspecified atom stereocenters. The third-order valence-electron chi connectivity index (χ3n) is 7.97. The van der Waals surface area contributed by atoms with E-state index in [-0.39, 0.29) is 16.2 Å². The van der Waals surface area contributed by atoms with Gasteiger partial charge in [0, 0.05) is 32.9 Å². The number of pyridine rings is 1. The van der Waals surface area contributed by atoms with E-state index in [1.54, 1.807) is 0 Å². The predicted molar refractivity (Wildman–Crippen MR) is 133 cm³/mol. The molecule has 1 spiro atoms. The van der Waals surface area contributed by atoms with E-state index in [9.17, 15) is 18.3 Å². The van der Waals surface area contributed by atoms with Crippen molar-refractivity contribution >= 4 is 15.9 Å². The average Bonchev–Trinajstić information content (AvgIpc) is 3.09. The second kappa shape index (κ2) is 8.56. The Morgan fingerprint density at radius 3 is 2.40 bits per heavy atom. The minimum atomic E-state index is -4.39. The highest BCUT2D eigenvalue weighted by atomic mass is 79.9. The number of ether oxygens (including phenoxy) is 1. The molecule has 35 heavy (non-hydrogen) atoms. The highest BCUT2D eigenvalue weighted by Crippen LogP contribution is 2.60. The van der Waals surface area contributed by atoms with Gasteiger partial charge in [0.05, 0.1) is 11.7 Å². The summed E-state index contributed by atoms with van der Waals surface area (Å²) in [6, 6.07) is 5.33. The van der Waals surface area contributed by atoms with Crippen molar-refractivity contribution < 1.29 is 23.0 Å².